The van der Waals surface area contributed by atoms with Crippen LogP contribution in [0.15, 0.2) is 0 Å². The van der Waals surface area contributed by atoms with Crippen LogP contribution in [0.25, 0.3) is 0 Å². The Balaban J connectivity index is 2.89. The van der Waals surface area contributed by atoms with Crippen molar-refractivity contribution in [1.82, 2.24) is 0 Å². The molecule has 1 saturated heterocycles. The van der Waals surface area contributed by atoms with Crippen LogP contribution < -0.4 is 0 Å². The largest absolute Gasteiger partial charge is 0.458 e. The van der Waals surface area contributed by atoms with Crippen molar-refractivity contribution in [2.75, 3.05) is 0 Å². The van der Waals surface area contributed by atoms with Crippen molar-refractivity contribution in [2.45, 2.75) is 35.2 Å². The molecule has 1 unspecified atom stereocenters. The number of hydrogen-bond donors (Lipinski definition) is 0. The summed E-state index contributed by atoms with van der Waals surface area (Å²) >= 11 is 1.79. The minimum Gasteiger partial charge on any atom is -0.458 e. The second kappa shape index (κ2) is 3.49. The average molecular weight is 326 g/mol. The molecule has 3 atom stereocenters. The van der Waals surface area contributed by atoms with E-state index < -0.39 is 30.3 Å². The second-order valence-corrected chi connectivity index (χ2v) is 5.09. The Morgan fingerprint density at radius 2 is 2.14 bits per heavy atom. The average Bonchev–Trinajstić information content (AvgIpc) is 2.28. The highest BCUT2D eigenvalue weighted by Gasteiger charge is 2.68. The van der Waals surface area contributed by atoms with E-state index in [0.717, 1.165) is 0 Å². The van der Waals surface area contributed by atoms with Crippen LogP contribution in [0.4, 0.5) is 17.6 Å². The molecule has 0 aromatic heterocycles. The van der Waals surface area contributed by atoms with E-state index >= 15 is 0 Å². The molecule has 1 aliphatic heterocycles. The zero-order chi connectivity index (χ0) is 11.1. The number of halogens is 5. The Labute approximate surface area is 91.1 Å². The number of esters is 1. The maximum absolute atomic E-state index is 13.2. The van der Waals surface area contributed by atoms with E-state index in [1.165, 1.54) is 0 Å². The maximum atomic E-state index is 13.2. The van der Waals surface area contributed by atoms with Crippen LogP contribution in [0.3, 0.4) is 0 Å². The molecule has 1 fully saturated rings. The summed E-state index contributed by atoms with van der Waals surface area (Å²) in [6.45, 7) is 1.56. The summed E-state index contributed by atoms with van der Waals surface area (Å²) in [6, 6.07) is 0. The third kappa shape index (κ3) is 1.82. The Morgan fingerprint density at radius 3 is 2.36 bits per heavy atom. The Hall–Kier alpha value is -0.0800. The molecule has 0 spiro atoms. The monoisotopic (exact) mass is 326 g/mol. The van der Waals surface area contributed by atoms with Crippen LogP contribution in [-0.2, 0) is 9.53 Å². The minimum atomic E-state index is -5.19. The first kappa shape index (κ1) is 12.0. The van der Waals surface area contributed by atoms with E-state index in [4.69, 9.17) is 0 Å². The maximum Gasteiger partial charge on any atom is 0.433 e. The molecular weight excluding hydrogens is 319 g/mol. The summed E-state index contributed by atoms with van der Waals surface area (Å²) in [5, 5.41) is 0. The Kier molecular flexibility index (Phi) is 2.99. The van der Waals surface area contributed by atoms with Gasteiger partial charge in [0.1, 0.15) is 6.10 Å². The molecule has 0 amide bonds. The summed E-state index contributed by atoms with van der Waals surface area (Å²) in [7, 11) is 0. The molecule has 0 radical (unpaired) electrons. The molecule has 0 N–H and O–H groups in total. The first-order valence-corrected chi connectivity index (χ1v) is 5.04. The zero-order valence-electron chi connectivity index (χ0n) is 7.07. The van der Waals surface area contributed by atoms with Crippen molar-refractivity contribution in [3.63, 3.8) is 0 Å². The summed E-state index contributed by atoms with van der Waals surface area (Å²) in [5.41, 5.74) is -3.82. The van der Waals surface area contributed by atoms with Gasteiger partial charge in [0.15, 0.2) is 0 Å². The van der Waals surface area contributed by atoms with Crippen molar-refractivity contribution in [1.29, 1.82) is 0 Å². The predicted molar refractivity (Wildman–Crippen MR) is 47.9 cm³/mol. The van der Waals surface area contributed by atoms with Gasteiger partial charge in [-0.1, -0.05) is 22.6 Å². The lowest BCUT2D eigenvalue weighted by molar-refractivity contribution is -0.226. The van der Waals surface area contributed by atoms with Gasteiger partial charge in [-0.15, -0.1) is 0 Å². The molecular formula is C7H7F4IO2. The van der Waals surface area contributed by atoms with Gasteiger partial charge in [0.05, 0.1) is 0 Å². The van der Waals surface area contributed by atoms with Crippen LogP contribution in [-0.4, -0.2) is 27.8 Å². The van der Waals surface area contributed by atoms with Gasteiger partial charge in [-0.05, 0) is 6.92 Å². The van der Waals surface area contributed by atoms with Crippen molar-refractivity contribution < 1.29 is 27.1 Å². The van der Waals surface area contributed by atoms with Crippen LogP contribution in [0, 0.1) is 0 Å². The topological polar surface area (TPSA) is 26.3 Å². The second-order valence-electron chi connectivity index (χ2n) is 3.12. The summed E-state index contributed by atoms with van der Waals surface area (Å²) < 4.78 is 53.7. The molecule has 0 aromatic rings. The molecule has 0 aromatic carbocycles. The first-order chi connectivity index (χ1) is 6.18. The van der Waals surface area contributed by atoms with Gasteiger partial charge in [-0.2, -0.15) is 13.2 Å². The van der Waals surface area contributed by atoms with Gasteiger partial charge in [-0.3, -0.25) is 0 Å². The number of hydrogen-bond acceptors (Lipinski definition) is 2. The van der Waals surface area contributed by atoms with E-state index in [9.17, 15) is 22.4 Å². The van der Waals surface area contributed by atoms with Crippen LogP contribution in [0.1, 0.15) is 13.3 Å². The minimum absolute atomic E-state index is 0.350. The molecule has 82 valence electrons. The SMILES string of the molecule is CC(I)[C@@H]1C[C@@](F)(C(F)(F)F)C(=O)O1. The van der Waals surface area contributed by atoms with Crippen LogP contribution in [0.5, 0.6) is 0 Å². The molecule has 7 heteroatoms. The zero-order valence-corrected chi connectivity index (χ0v) is 9.23. The van der Waals surface area contributed by atoms with Gasteiger partial charge in [0, 0.05) is 10.3 Å². The Bertz CT molecular complexity index is 253. The molecule has 0 bridgehead atoms. The van der Waals surface area contributed by atoms with Crippen LogP contribution in [0.2, 0.25) is 0 Å². The lowest BCUT2D eigenvalue weighted by atomic mass is 10.00. The molecule has 1 rings (SSSR count). The van der Waals surface area contributed by atoms with Crippen molar-refractivity contribution in [2.24, 2.45) is 0 Å². The van der Waals surface area contributed by atoms with E-state index in [-0.39, 0.29) is 3.92 Å². The third-order valence-corrected chi connectivity index (χ3v) is 2.83. The van der Waals surface area contributed by atoms with E-state index in [0.29, 0.717) is 0 Å². The fourth-order valence-electron chi connectivity index (χ4n) is 1.12. The normalized spacial score (nSPS) is 35.6. The molecule has 1 aliphatic rings. The molecule has 14 heavy (non-hydrogen) atoms. The lowest BCUT2D eigenvalue weighted by Gasteiger charge is -2.18. The number of alkyl halides is 5. The number of carbonyl (C=O) groups excluding carboxylic acids is 1. The third-order valence-electron chi connectivity index (χ3n) is 2.03. The first-order valence-electron chi connectivity index (χ1n) is 3.79. The highest BCUT2D eigenvalue weighted by Crippen LogP contribution is 2.44. The number of rotatable bonds is 1. The van der Waals surface area contributed by atoms with Crippen LogP contribution >= 0.6 is 22.6 Å². The summed E-state index contributed by atoms with van der Waals surface area (Å²) in [6.07, 6.45) is -7.14. The number of carbonyl (C=O) groups is 1. The van der Waals surface area contributed by atoms with Gasteiger partial charge in [-0.25, -0.2) is 9.18 Å². The fourth-order valence-corrected chi connectivity index (χ4v) is 1.52. The molecule has 1 heterocycles. The molecule has 0 saturated carbocycles. The Morgan fingerprint density at radius 1 is 1.64 bits per heavy atom. The van der Waals surface area contributed by atoms with Gasteiger partial charge >= 0.3 is 17.8 Å². The highest BCUT2D eigenvalue weighted by atomic mass is 127. The van der Waals surface area contributed by atoms with E-state index in [2.05, 4.69) is 4.74 Å². The molecule has 2 nitrogen and oxygen atoms in total. The lowest BCUT2D eigenvalue weighted by Crippen LogP contribution is -2.45. The van der Waals surface area contributed by atoms with Crippen molar-refractivity contribution in [3.8, 4) is 0 Å². The van der Waals surface area contributed by atoms with E-state index in [1.807, 2.05) is 0 Å². The summed E-state index contributed by atoms with van der Waals surface area (Å²) in [4.78, 5) is 10.7. The fraction of sp³-hybridized carbons (Fsp3) is 0.857. The van der Waals surface area contributed by atoms with Gasteiger partial charge in [0.2, 0.25) is 0 Å². The van der Waals surface area contributed by atoms with Gasteiger partial charge < -0.3 is 4.74 Å². The number of cyclic esters (lactones) is 1. The predicted octanol–water partition coefficient (Wildman–Crippen LogP) is 2.40. The standard InChI is InChI=1S/C7H7F4IO2/c1-3(12)4-2-6(8,5(13)14-4)7(9,10)11/h3-4H,2H2,1H3/t3?,4-,6-/m0/s1. The van der Waals surface area contributed by atoms with Crippen molar-refractivity contribution in [3.05, 3.63) is 0 Å². The smallest absolute Gasteiger partial charge is 0.433 e. The van der Waals surface area contributed by atoms with Gasteiger partial charge in [0.25, 0.3) is 0 Å². The highest BCUT2D eigenvalue weighted by molar-refractivity contribution is 14.1. The quantitative estimate of drug-likeness (QED) is 0.320. The van der Waals surface area contributed by atoms with Crippen molar-refractivity contribution >= 4 is 28.6 Å². The number of ether oxygens (including phenoxy) is 1. The summed E-state index contributed by atoms with van der Waals surface area (Å²) in [5.74, 6) is -1.82. The van der Waals surface area contributed by atoms with E-state index in [1.54, 1.807) is 29.5 Å². The molecule has 0 aliphatic carbocycles.